The van der Waals surface area contributed by atoms with Crippen LogP contribution in [0.25, 0.3) is 10.9 Å². The average Bonchev–Trinajstić information content (AvgIpc) is 3.36. The number of fused-ring (bicyclic) bond motifs is 3. The highest BCUT2D eigenvalue weighted by molar-refractivity contribution is 5.94. The van der Waals surface area contributed by atoms with Gasteiger partial charge < -0.3 is 9.47 Å². The van der Waals surface area contributed by atoms with Gasteiger partial charge in [0.1, 0.15) is 0 Å². The van der Waals surface area contributed by atoms with Crippen molar-refractivity contribution < 1.29 is 4.79 Å². The van der Waals surface area contributed by atoms with Gasteiger partial charge in [-0.15, -0.1) is 0 Å². The summed E-state index contributed by atoms with van der Waals surface area (Å²) in [4.78, 5) is 15.4. The Morgan fingerprint density at radius 3 is 2.48 bits per heavy atom. The molecule has 1 aromatic heterocycles. The Labute approximate surface area is 160 Å². The van der Waals surface area contributed by atoms with Crippen LogP contribution >= 0.6 is 0 Å². The highest BCUT2D eigenvalue weighted by Gasteiger charge is 2.34. The Hall–Kier alpha value is -2.55. The molecule has 27 heavy (non-hydrogen) atoms. The standard InChI is InChI=1S/C24H26N2O/c27-24(25-15-6-7-16-25)20-12-8-14-22-23(20)19-11-4-5-13-21(19)26(22)17-18-9-2-1-3-10-18/h1-5,9-11,13,20H,6-8,12,14-17H2. The molecule has 2 aromatic carbocycles. The van der Waals surface area contributed by atoms with Crippen molar-refractivity contribution in [3.63, 3.8) is 0 Å². The summed E-state index contributed by atoms with van der Waals surface area (Å²) in [5.41, 5.74) is 5.27. The molecule has 138 valence electrons. The first kappa shape index (κ1) is 16.6. The maximum atomic E-state index is 13.3. The molecule has 0 N–H and O–H groups in total. The van der Waals surface area contributed by atoms with E-state index in [4.69, 9.17) is 0 Å². The highest BCUT2D eigenvalue weighted by atomic mass is 16.2. The van der Waals surface area contributed by atoms with E-state index in [1.165, 1.54) is 27.7 Å². The number of hydrogen-bond donors (Lipinski definition) is 0. The molecule has 0 bridgehead atoms. The van der Waals surface area contributed by atoms with Gasteiger partial charge >= 0.3 is 0 Å². The Bertz CT molecular complexity index is 967. The first-order valence-electron chi connectivity index (χ1n) is 10.3. The summed E-state index contributed by atoms with van der Waals surface area (Å²) in [6, 6.07) is 19.3. The molecule has 3 heteroatoms. The number of carbonyl (C=O) groups is 1. The first-order chi connectivity index (χ1) is 13.3. The van der Waals surface area contributed by atoms with E-state index in [0.717, 1.165) is 51.7 Å². The molecule has 0 radical (unpaired) electrons. The van der Waals surface area contributed by atoms with Crippen molar-refractivity contribution in [3.05, 3.63) is 71.4 Å². The summed E-state index contributed by atoms with van der Waals surface area (Å²) < 4.78 is 2.46. The monoisotopic (exact) mass is 358 g/mol. The lowest BCUT2D eigenvalue weighted by atomic mass is 9.84. The zero-order valence-corrected chi connectivity index (χ0v) is 15.7. The van der Waals surface area contributed by atoms with Crippen molar-refractivity contribution in [2.45, 2.75) is 44.6 Å². The molecule has 0 spiro atoms. The van der Waals surface area contributed by atoms with Crippen LogP contribution in [0.15, 0.2) is 54.6 Å². The number of para-hydroxylation sites is 1. The van der Waals surface area contributed by atoms with Gasteiger partial charge in [-0.25, -0.2) is 0 Å². The SMILES string of the molecule is O=C(C1CCCc2c1c1ccccc1n2Cc1ccccc1)N1CCCC1. The smallest absolute Gasteiger partial charge is 0.230 e. The predicted molar refractivity (Wildman–Crippen MR) is 109 cm³/mol. The molecule has 1 aliphatic carbocycles. The summed E-state index contributed by atoms with van der Waals surface area (Å²) in [6.45, 7) is 2.75. The highest BCUT2D eigenvalue weighted by Crippen LogP contribution is 2.40. The maximum absolute atomic E-state index is 13.3. The minimum Gasteiger partial charge on any atom is -0.342 e. The fraction of sp³-hybridized carbons (Fsp3) is 0.375. The molecule has 5 rings (SSSR count). The predicted octanol–water partition coefficient (Wildman–Crippen LogP) is 4.73. The number of rotatable bonds is 3. The van der Waals surface area contributed by atoms with Crippen LogP contribution < -0.4 is 0 Å². The lowest BCUT2D eigenvalue weighted by Crippen LogP contribution is -2.34. The summed E-state index contributed by atoms with van der Waals surface area (Å²) in [5.74, 6) is 0.393. The molecule has 1 saturated heterocycles. The van der Waals surface area contributed by atoms with Crippen LogP contribution in [-0.2, 0) is 17.8 Å². The third kappa shape index (κ3) is 2.86. The van der Waals surface area contributed by atoms with Crippen LogP contribution in [0.4, 0.5) is 0 Å². The van der Waals surface area contributed by atoms with E-state index >= 15 is 0 Å². The van der Waals surface area contributed by atoms with Crippen LogP contribution in [0, 0.1) is 0 Å². The van der Waals surface area contributed by atoms with Gasteiger partial charge in [-0.05, 0) is 49.3 Å². The first-order valence-corrected chi connectivity index (χ1v) is 10.3. The summed E-state index contributed by atoms with van der Waals surface area (Å²) in [7, 11) is 0. The summed E-state index contributed by atoms with van der Waals surface area (Å²) >= 11 is 0. The van der Waals surface area contributed by atoms with Crippen molar-refractivity contribution in [2.24, 2.45) is 0 Å². The number of benzene rings is 2. The summed E-state index contributed by atoms with van der Waals surface area (Å²) in [5, 5.41) is 1.28. The minimum atomic E-state index is 0.0359. The van der Waals surface area contributed by atoms with E-state index in [9.17, 15) is 4.79 Å². The van der Waals surface area contributed by atoms with Crippen molar-refractivity contribution in [3.8, 4) is 0 Å². The Morgan fingerprint density at radius 1 is 0.926 bits per heavy atom. The van der Waals surface area contributed by atoms with E-state index in [1.54, 1.807) is 0 Å². The zero-order valence-electron chi connectivity index (χ0n) is 15.7. The van der Waals surface area contributed by atoms with Crippen LogP contribution in [-0.4, -0.2) is 28.5 Å². The third-order valence-electron chi connectivity index (χ3n) is 6.28. The Balaban J connectivity index is 1.62. The molecule has 1 unspecified atom stereocenters. The quantitative estimate of drug-likeness (QED) is 0.664. The number of aromatic nitrogens is 1. The molecule has 3 aromatic rings. The van der Waals surface area contributed by atoms with Crippen LogP contribution in [0.2, 0.25) is 0 Å². The third-order valence-corrected chi connectivity index (χ3v) is 6.28. The van der Waals surface area contributed by atoms with Crippen molar-refractivity contribution in [2.75, 3.05) is 13.1 Å². The lowest BCUT2D eigenvalue weighted by molar-refractivity contribution is -0.132. The second-order valence-electron chi connectivity index (χ2n) is 7.93. The number of hydrogen-bond acceptors (Lipinski definition) is 1. The van der Waals surface area contributed by atoms with Crippen LogP contribution in [0.1, 0.15) is 48.4 Å². The molecule has 3 nitrogen and oxygen atoms in total. The molecular weight excluding hydrogens is 332 g/mol. The molecule has 1 atom stereocenters. The molecule has 0 saturated carbocycles. The lowest BCUT2D eigenvalue weighted by Gasteiger charge is -2.28. The second-order valence-corrected chi connectivity index (χ2v) is 7.93. The van der Waals surface area contributed by atoms with Crippen molar-refractivity contribution >= 4 is 16.8 Å². The molecular formula is C24H26N2O. The largest absolute Gasteiger partial charge is 0.342 e. The summed E-state index contributed by atoms with van der Waals surface area (Å²) in [6.07, 6.45) is 5.47. The van der Waals surface area contributed by atoms with Crippen LogP contribution in [0.3, 0.4) is 0 Å². The van der Waals surface area contributed by atoms with Gasteiger partial charge in [0.15, 0.2) is 0 Å². The molecule has 2 aliphatic rings. The number of nitrogens with zero attached hydrogens (tertiary/aromatic N) is 2. The van der Waals surface area contributed by atoms with Gasteiger partial charge in [-0.3, -0.25) is 4.79 Å². The Kier molecular flexibility index (Phi) is 4.23. The number of carbonyl (C=O) groups excluding carboxylic acids is 1. The molecule has 1 aliphatic heterocycles. The number of likely N-dealkylation sites (tertiary alicyclic amines) is 1. The van der Waals surface area contributed by atoms with Gasteiger partial charge in [-0.1, -0.05) is 48.5 Å². The maximum Gasteiger partial charge on any atom is 0.230 e. The fourth-order valence-corrected chi connectivity index (χ4v) is 5.01. The second kappa shape index (κ2) is 6.88. The van der Waals surface area contributed by atoms with E-state index in [-0.39, 0.29) is 5.92 Å². The molecule has 1 amide bonds. The van der Waals surface area contributed by atoms with Crippen molar-refractivity contribution in [1.29, 1.82) is 0 Å². The number of amides is 1. The van der Waals surface area contributed by atoms with E-state index in [2.05, 4.69) is 64.1 Å². The van der Waals surface area contributed by atoms with Crippen molar-refractivity contribution in [1.82, 2.24) is 9.47 Å². The minimum absolute atomic E-state index is 0.0359. The average molecular weight is 358 g/mol. The van der Waals surface area contributed by atoms with Gasteiger partial charge in [0.05, 0.1) is 5.92 Å². The normalized spacial score (nSPS) is 19.4. The van der Waals surface area contributed by atoms with Crippen LogP contribution in [0.5, 0.6) is 0 Å². The fourth-order valence-electron chi connectivity index (χ4n) is 5.01. The van der Waals surface area contributed by atoms with E-state index < -0.39 is 0 Å². The zero-order chi connectivity index (χ0) is 18.2. The van der Waals surface area contributed by atoms with E-state index in [1.807, 2.05) is 0 Å². The van der Waals surface area contributed by atoms with Gasteiger partial charge in [-0.2, -0.15) is 0 Å². The van der Waals surface area contributed by atoms with Gasteiger partial charge in [0.25, 0.3) is 0 Å². The molecule has 2 heterocycles. The van der Waals surface area contributed by atoms with Gasteiger partial charge in [0.2, 0.25) is 5.91 Å². The Morgan fingerprint density at radius 2 is 1.67 bits per heavy atom. The topological polar surface area (TPSA) is 25.2 Å². The molecule has 1 fully saturated rings. The van der Waals surface area contributed by atoms with Gasteiger partial charge in [0, 0.05) is 36.2 Å². The van der Waals surface area contributed by atoms with E-state index in [0.29, 0.717) is 5.91 Å².